The topological polar surface area (TPSA) is 138 Å². The van der Waals surface area contributed by atoms with Gasteiger partial charge in [0.05, 0.1) is 12.1 Å². The van der Waals surface area contributed by atoms with Gasteiger partial charge in [-0.3, -0.25) is 14.6 Å². The highest BCUT2D eigenvalue weighted by Gasteiger charge is 2.35. The molecule has 1 atom stereocenters. The van der Waals surface area contributed by atoms with Gasteiger partial charge in [-0.15, -0.1) is 0 Å². The van der Waals surface area contributed by atoms with E-state index in [0.717, 1.165) is 30.5 Å². The maximum absolute atomic E-state index is 11.9. The number of aryl methyl sites for hydroxylation is 1. The van der Waals surface area contributed by atoms with E-state index in [1.807, 2.05) is 16.7 Å². The Bertz CT molecular complexity index is 1170. The molecule has 1 aromatic carbocycles. The molecule has 2 aromatic heterocycles. The van der Waals surface area contributed by atoms with Gasteiger partial charge in [0, 0.05) is 30.1 Å². The van der Waals surface area contributed by atoms with E-state index in [9.17, 15) is 9.59 Å². The number of aromatic nitrogens is 3. The van der Waals surface area contributed by atoms with Crippen molar-refractivity contribution in [2.45, 2.75) is 31.8 Å². The standard InChI is InChI=1S/C21H22N6O3/c22-19(28)16(11-4-5-11)25-12-9-14-18-15(10-12)30-8-2-7-27(18)21(26-14)13-3-1-6-24-17(13)20(23)29/h1,3,6,9-11,16,25H,2,4-5,7-8H2,(H2,22,28)(H2,23,29)/t16-/m0/s1. The molecule has 2 aliphatic rings. The van der Waals surface area contributed by atoms with E-state index in [-0.39, 0.29) is 17.5 Å². The molecule has 0 unspecified atom stereocenters. The monoisotopic (exact) mass is 406 g/mol. The Morgan fingerprint density at radius 3 is 2.83 bits per heavy atom. The summed E-state index contributed by atoms with van der Waals surface area (Å²) in [6.45, 7) is 1.24. The number of ether oxygens (including phenoxy) is 1. The Balaban J connectivity index is 1.65. The number of rotatable bonds is 6. The van der Waals surface area contributed by atoms with Crippen molar-refractivity contribution in [3.63, 3.8) is 0 Å². The first-order chi connectivity index (χ1) is 14.5. The molecule has 9 nitrogen and oxygen atoms in total. The molecule has 3 aromatic rings. The Kier molecular flexibility index (Phi) is 4.30. The SMILES string of the molecule is NC(=O)c1ncccc1-c1nc2cc(N[C@H](C(N)=O)C3CC3)cc3c2n1CCCO3. The van der Waals surface area contributed by atoms with E-state index >= 15 is 0 Å². The van der Waals surface area contributed by atoms with E-state index in [4.69, 9.17) is 21.2 Å². The zero-order valence-corrected chi connectivity index (χ0v) is 16.3. The van der Waals surface area contributed by atoms with E-state index in [1.165, 1.54) is 6.20 Å². The largest absolute Gasteiger partial charge is 0.491 e. The molecule has 0 saturated heterocycles. The fourth-order valence-electron chi connectivity index (χ4n) is 4.06. The van der Waals surface area contributed by atoms with Crippen molar-refractivity contribution in [1.29, 1.82) is 0 Å². The number of hydrogen-bond donors (Lipinski definition) is 3. The highest BCUT2D eigenvalue weighted by molar-refractivity contribution is 5.98. The molecule has 0 spiro atoms. The summed E-state index contributed by atoms with van der Waals surface area (Å²) in [6.07, 6.45) is 4.30. The van der Waals surface area contributed by atoms with Crippen LogP contribution in [0.3, 0.4) is 0 Å². The highest BCUT2D eigenvalue weighted by atomic mass is 16.5. The molecule has 1 saturated carbocycles. The highest BCUT2D eigenvalue weighted by Crippen LogP contribution is 2.38. The number of hydrogen-bond acceptors (Lipinski definition) is 6. The number of imidazole rings is 1. The Labute approximate surface area is 172 Å². The van der Waals surface area contributed by atoms with Gasteiger partial charge in [0.15, 0.2) is 0 Å². The molecule has 1 aliphatic carbocycles. The normalized spacial score (nSPS) is 16.5. The third-order valence-electron chi connectivity index (χ3n) is 5.59. The first-order valence-corrected chi connectivity index (χ1v) is 10.0. The van der Waals surface area contributed by atoms with E-state index < -0.39 is 11.9 Å². The van der Waals surface area contributed by atoms with Crippen LogP contribution in [0.25, 0.3) is 22.4 Å². The molecule has 30 heavy (non-hydrogen) atoms. The summed E-state index contributed by atoms with van der Waals surface area (Å²) in [5.74, 6) is 0.586. The molecule has 1 fully saturated rings. The fraction of sp³-hybridized carbons (Fsp3) is 0.333. The first kappa shape index (κ1) is 18.4. The number of nitrogens with one attached hydrogen (secondary N) is 1. The van der Waals surface area contributed by atoms with Crippen LogP contribution in [-0.2, 0) is 11.3 Å². The molecule has 0 bridgehead atoms. The Hall–Kier alpha value is -3.62. The van der Waals surface area contributed by atoms with Gasteiger partial charge in [-0.25, -0.2) is 4.98 Å². The summed E-state index contributed by atoms with van der Waals surface area (Å²) in [6, 6.07) is 6.89. The maximum Gasteiger partial charge on any atom is 0.268 e. The first-order valence-electron chi connectivity index (χ1n) is 10.0. The zero-order chi connectivity index (χ0) is 20.8. The van der Waals surface area contributed by atoms with E-state index in [2.05, 4.69) is 10.3 Å². The second-order valence-corrected chi connectivity index (χ2v) is 7.76. The van der Waals surface area contributed by atoms with Gasteiger partial charge in [0.25, 0.3) is 5.91 Å². The van der Waals surface area contributed by atoms with Crippen molar-refractivity contribution in [2.24, 2.45) is 17.4 Å². The van der Waals surface area contributed by atoms with Crippen LogP contribution in [0.4, 0.5) is 5.69 Å². The van der Waals surface area contributed by atoms with Crippen molar-refractivity contribution in [2.75, 3.05) is 11.9 Å². The summed E-state index contributed by atoms with van der Waals surface area (Å²) < 4.78 is 8.02. The van der Waals surface area contributed by atoms with Crippen LogP contribution < -0.4 is 21.5 Å². The Morgan fingerprint density at radius 2 is 2.10 bits per heavy atom. The van der Waals surface area contributed by atoms with E-state index in [1.54, 1.807) is 12.1 Å². The molecule has 154 valence electrons. The number of carbonyl (C=O) groups excluding carboxylic acids is 2. The van der Waals surface area contributed by atoms with Crippen LogP contribution in [0.1, 0.15) is 29.8 Å². The second kappa shape index (κ2) is 7.01. The zero-order valence-electron chi connectivity index (χ0n) is 16.3. The predicted octanol–water partition coefficient (Wildman–Crippen LogP) is 1.66. The number of pyridine rings is 1. The average molecular weight is 406 g/mol. The summed E-state index contributed by atoms with van der Waals surface area (Å²) in [7, 11) is 0. The summed E-state index contributed by atoms with van der Waals surface area (Å²) in [5, 5.41) is 3.26. The number of benzene rings is 1. The van der Waals surface area contributed by atoms with Gasteiger partial charge < -0.3 is 26.1 Å². The van der Waals surface area contributed by atoms with Crippen LogP contribution in [-0.4, -0.2) is 39.0 Å². The van der Waals surface area contributed by atoms with Crippen molar-refractivity contribution in [3.8, 4) is 17.1 Å². The Morgan fingerprint density at radius 1 is 1.27 bits per heavy atom. The van der Waals surface area contributed by atoms with Crippen LogP contribution in [0, 0.1) is 5.92 Å². The molecule has 5 N–H and O–H groups in total. The second-order valence-electron chi connectivity index (χ2n) is 7.76. The fourth-order valence-corrected chi connectivity index (χ4v) is 4.06. The number of nitrogens with two attached hydrogens (primary N) is 2. The number of carbonyl (C=O) groups is 2. The van der Waals surface area contributed by atoms with Gasteiger partial charge in [-0.05, 0) is 43.4 Å². The van der Waals surface area contributed by atoms with Crippen molar-refractivity contribution < 1.29 is 14.3 Å². The third kappa shape index (κ3) is 3.12. The lowest BCUT2D eigenvalue weighted by Crippen LogP contribution is -2.37. The smallest absolute Gasteiger partial charge is 0.268 e. The summed E-state index contributed by atoms with van der Waals surface area (Å²) in [5.41, 5.74) is 14.2. The van der Waals surface area contributed by atoms with Gasteiger partial charge in [0.1, 0.15) is 28.8 Å². The summed E-state index contributed by atoms with van der Waals surface area (Å²) >= 11 is 0. The molecule has 5 rings (SSSR count). The van der Waals surface area contributed by atoms with Gasteiger partial charge in [-0.1, -0.05) is 0 Å². The van der Waals surface area contributed by atoms with Crippen LogP contribution in [0.2, 0.25) is 0 Å². The van der Waals surface area contributed by atoms with Crippen molar-refractivity contribution >= 4 is 28.5 Å². The summed E-state index contributed by atoms with van der Waals surface area (Å²) in [4.78, 5) is 32.7. The number of amides is 2. The van der Waals surface area contributed by atoms with E-state index in [0.29, 0.717) is 35.8 Å². The molecular formula is C21H22N6O3. The lowest BCUT2D eigenvalue weighted by Gasteiger charge is -2.17. The van der Waals surface area contributed by atoms with Crippen molar-refractivity contribution in [3.05, 3.63) is 36.2 Å². The number of nitrogens with zero attached hydrogens (tertiary/aromatic N) is 3. The van der Waals surface area contributed by atoms with Gasteiger partial charge >= 0.3 is 0 Å². The lowest BCUT2D eigenvalue weighted by molar-refractivity contribution is -0.119. The number of anilines is 1. The van der Waals surface area contributed by atoms with Gasteiger partial charge in [0.2, 0.25) is 5.91 Å². The minimum absolute atomic E-state index is 0.177. The third-order valence-corrected chi connectivity index (χ3v) is 5.59. The van der Waals surface area contributed by atoms with Crippen molar-refractivity contribution in [1.82, 2.24) is 14.5 Å². The predicted molar refractivity (Wildman–Crippen MR) is 111 cm³/mol. The molecule has 3 heterocycles. The van der Waals surface area contributed by atoms with Crippen LogP contribution >= 0.6 is 0 Å². The number of primary amides is 2. The molecule has 0 radical (unpaired) electrons. The molecular weight excluding hydrogens is 384 g/mol. The maximum atomic E-state index is 11.9. The lowest BCUT2D eigenvalue weighted by atomic mass is 10.1. The van der Waals surface area contributed by atoms with Crippen LogP contribution in [0.5, 0.6) is 5.75 Å². The minimum atomic E-state index is -0.605. The molecule has 9 heteroatoms. The van der Waals surface area contributed by atoms with Gasteiger partial charge in [-0.2, -0.15) is 0 Å². The van der Waals surface area contributed by atoms with Crippen LogP contribution in [0.15, 0.2) is 30.5 Å². The molecule has 2 amide bonds. The average Bonchev–Trinajstić information content (AvgIpc) is 3.52. The quantitative estimate of drug-likeness (QED) is 0.569. The minimum Gasteiger partial charge on any atom is -0.491 e. The molecule has 1 aliphatic heterocycles.